The zero-order chi connectivity index (χ0) is 13.3. The molecule has 1 aliphatic rings. The predicted octanol–water partition coefficient (Wildman–Crippen LogP) is 1.26. The van der Waals surface area contributed by atoms with Gasteiger partial charge in [0.1, 0.15) is 0 Å². The van der Waals surface area contributed by atoms with E-state index in [0.717, 1.165) is 24.7 Å². The Hall–Kier alpha value is -1.56. The van der Waals surface area contributed by atoms with Gasteiger partial charge in [0.15, 0.2) is 0 Å². The van der Waals surface area contributed by atoms with E-state index in [1.54, 1.807) is 25.1 Å². The molecule has 1 saturated carbocycles. The Bertz CT molecular complexity index is 577. The number of carbonyl (C=O) groups is 1. The summed E-state index contributed by atoms with van der Waals surface area (Å²) in [5.74, 6) is -0.158. The molecule has 1 fully saturated rings. The molecule has 0 unspecified atom stereocenters. The van der Waals surface area contributed by atoms with E-state index >= 15 is 0 Å². The summed E-state index contributed by atoms with van der Waals surface area (Å²) >= 11 is 0. The third kappa shape index (κ3) is 3.46. The standard InChI is InChI=1S/C12H16N2O3S/c1-8-3-4-9(12(15)13-10-5-6-10)7-11(8)14-18(2,16)17/h3-4,7,10,14H,5-6H2,1-2H3,(H,13,15). The lowest BCUT2D eigenvalue weighted by Crippen LogP contribution is -2.25. The molecule has 0 aliphatic heterocycles. The van der Waals surface area contributed by atoms with E-state index in [2.05, 4.69) is 10.0 Å². The fraction of sp³-hybridized carbons (Fsp3) is 0.417. The molecule has 1 aromatic carbocycles. The Labute approximate surface area is 107 Å². The van der Waals surface area contributed by atoms with Crippen molar-refractivity contribution >= 4 is 21.6 Å². The Morgan fingerprint density at radius 2 is 2.00 bits per heavy atom. The lowest BCUT2D eigenvalue weighted by Gasteiger charge is -2.10. The Morgan fingerprint density at radius 3 is 2.56 bits per heavy atom. The van der Waals surface area contributed by atoms with Crippen molar-refractivity contribution in [2.24, 2.45) is 0 Å². The minimum absolute atomic E-state index is 0.158. The first kappa shape index (κ1) is 12.9. The third-order valence-electron chi connectivity index (χ3n) is 2.71. The van der Waals surface area contributed by atoms with E-state index in [-0.39, 0.29) is 11.9 Å². The molecule has 1 amide bonds. The zero-order valence-electron chi connectivity index (χ0n) is 10.4. The molecule has 98 valence electrons. The van der Waals surface area contributed by atoms with Crippen molar-refractivity contribution in [2.45, 2.75) is 25.8 Å². The summed E-state index contributed by atoms with van der Waals surface area (Å²) in [6, 6.07) is 5.27. The number of nitrogens with one attached hydrogen (secondary N) is 2. The number of hydrogen-bond donors (Lipinski definition) is 2. The molecular weight excluding hydrogens is 252 g/mol. The van der Waals surface area contributed by atoms with Gasteiger partial charge in [0, 0.05) is 11.6 Å². The molecule has 0 spiro atoms. The quantitative estimate of drug-likeness (QED) is 0.863. The first-order valence-electron chi connectivity index (χ1n) is 5.74. The molecule has 1 aliphatic carbocycles. The molecule has 6 heteroatoms. The number of sulfonamides is 1. The van der Waals surface area contributed by atoms with Crippen LogP contribution in [-0.2, 0) is 10.0 Å². The first-order valence-corrected chi connectivity index (χ1v) is 7.63. The van der Waals surface area contributed by atoms with Crippen LogP contribution in [0.15, 0.2) is 18.2 Å². The number of amides is 1. The summed E-state index contributed by atoms with van der Waals surface area (Å²) in [5.41, 5.74) is 1.70. The molecule has 18 heavy (non-hydrogen) atoms. The molecule has 0 aromatic heterocycles. The largest absolute Gasteiger partial charge is 0.349 e. The fourth-order valence-electron chi connectivity index (χ4n) is 1.57. The smallest absolute Gasteiger partial charge is 0.251 e. The highest BCUT2D eigenvalue weighted by molar-refractivity contribution is 7.92. The average molecular weight is 268 g/mol. The van der Waals surface area contributed by atoms with E-state index in [0.29, 0.717) is 11.3 Å². The Balaban J connectivity index is 2.22. The molecule has 1 aromatic rings. The van der Waals surface area contributed by atoms with Crippen LogP contribution in [0.5, 0.6) is 0 Å². The fourth-order valence-corrected chi connectivity index (χ4v) is 2.19. The maximum absolute atomic E-state index is 11.8. The molecule has 0 saturated heterocycles. The average Bonchev–Trinajstić information content (AvgIpc) is 3.03. The lowest BCUT2D eigenvalue weighted by atomic mass is 10.1. The molecule has 2 rings (SSSR count). The van der Waals surface area contributed by atoms with Crippen LogP contribution in [0.25, 0.3) is 0 Å². The number of anilines is 1. The van der Waals surface area contributed by atoms with Crippen molar-refractivity contribution in [1.82, 2.24) is 5.32 Å². The topological polar surface area (TPSA) is 75.3 Å². The molecule has 0 radical (unpaired) electrons. The third-order valence-corrected chi connectivity index (χ3v) is 3.30. The minimum Gasteiger partial charge on any atom is -0.349 e. The van der Waals surface area contributed by atoms with Crippen molar-refractivity contribution in [1.29, 1.82) is 0 Å². The highest BCUT2D eigenvalue weighted by Crippen LogP contribution is 2.21. The van der Waals surface area contributed by atoms with Crippen molar-refractivity contribution < 1.29 is 13.2 Å². The highest BCUT2D eigenvalue weighted by Gasteiger charge is 2.24. The van der Waals surface area contributed by atoms with Crippen LogP contribution >= 0.6 is 0 Å². The summed E-state index contributed by atoms with van der Waals surface area (Å²) in [4.78, 5) is 11.8. The van der Waals surface area contributed by atoms with E-state index in [1.165, 1.54) is 0 Å². The predicted molar refractivity (Wildman–Crippen MR) is 70.1 cm³/mol. The normalized spacial score (nSPS) is 15.2. The second-order valence-corrected chi connectivity index (χ2v) is 6.40. The van der Waals surface area contributed by atoms with Crippen LogP contribution in [0.2, 0.25) is 0 Å². The van der Waals surface area contributed by atoms with Crippen molar-refractivity contribution in [3.63, 3.8) is 0 Å². The highest BCUT2D eigenvalue weighted by atomic mass is 32.2. The van der Waals surface area contributed by atoms with Gasteiger partial charge in [-0.15, -0.1) is 0 Å². The van der Waals surface area contributed by atoms with Crippen LogP contribution in [0.1, 0.15) is 28.8 Å². The van der Waals surface area contributed by atoms with Crippen molar-refractivity contribution in [3.05, 3.63) is 29.3 Å². The number of benzene rings is 1. The SMILES string of the molecule is Cc1ccc(C(=O)NC2CC2)cc1NS(C)(=O)=O. The monoisotopic (exact) mass is 268 g/mol. The van der Waals surface area contributed by atoms with Crippen LogP contribution in [-0.4, -0.2) is 26.6 Å². The molecular formula is C12H16N2O3S. The maximum atomic E-state index is 11.8. The van der Waals surface area contributed by atoms with Crippen molar-refractivity contribution in [2.75, 3.05) is 11.0 Å². The van der Waals surface area contributed by atoms with Gasteiger partial charge in [-0.2, -0.15) is 0 Å². The number of aryl methyl sites for hydroxylation is 1. The molecule has 0 atom stereocenters. The number of carbonyl (C=O) groups excluding carboxylic acids is 1. The maximum Gasteiger partial charge on any atom is 0.251 e. The van der Waals surface area contributed by atoms with Crippen LogP contribution in [0, 0.1) is 6.92 Å². The molecule has 5 nitrogen and oxygen atoms in total. The van der Waals surface area contributed by atoms with Gasteiger partial charge in [0.2, 0.25) is 10.0 Å². The number of rotatable bonds is 4. The van der Waals surface area contributed by atoms with Gasteiger partial charge in [-0.1, -0.05) is 6.07 Å². The molecule has 2 N–H and O–H groups in total. The Morgan fingerprint density at radius 1 is 1.33 bits per heavy atom. The summed E-state index contributed by atoms with van der Waals surface area (Å²) in [5, 5.41) is 2.86. The molecule has 0 heterocycles. The zero-order valence-corrected chi connectivity index (χ0v) is 11.2. The van der Waals surface area contributed by atoms with Crippen LogP contribution < -0.4 is 10.0 Å². The van der Waals surface area contributed by atoms with E-state index in [4.69, 9.17) is 0 Å². The van der Waals surface area contributed by atoms with Gasteiger partial charge < -0.3 is 5.32 Å². The van der Waals surface area contributed by atoms with Gasteiger partial charge in [-0.3, -0.25) is 9.52 Å². The Kier molecular flexibility index (Phi) is 3.30. The van der Waals surface area contributed by atoms with E-state index < -0.39 is 10.0 Å². The summed E-state index contributed by atoms with van der Waals surface area (Å²) in [6.07, 6.45) is 3.13. The summed E-state index contributed by atoms with van der Waals surface area (Å²) < 4.78 is 24.8. The summed E-state index contributed by atoms with van der Waals surface area (Å²) in [7, 11) is -3.33. The van der Waals surface area contributed by atoms with Crippen LogP contribution in [0.3, 0.4) is 0 Å². The second-order valence-electron chi connectivity index (χ2n) is 4.65. The number of hydrogen-bond acceptors (Lipinski definition) is 3. The summed E-state index contributed by atoms with van der Waals surface area (Å²) in [6.45, 7) is 1.79. The van der Waals surface area contributed by atoms with Gasteiger partial charge >= 0.3 is 0 Å². The minimum atomic E-state index is -3.33. The molecule has 0 bridgehead atoms. The second kappa shape index (κ2) is 4.61. The van der Waals surface area contributed by atoms with Gasteiger partial charge in [-0.25, -0.2) is 8.42 Å². The first-order chi connectivity index (χ1) is 8.35. The van der Waals surface area contributed by atoms with E-state index in [9.17, 15) is 13.2 Å². The van der Waals surface area contributed by atoms with Gasteiger partial charge in [0.25, 0.3) is 5.91 Å². The van der Waals surface area contributed by atoms with Gasteiger partial charge in [0.05, 0.1) is 11.9 Å². The van der Waals surface area contributed by atoms with Crippen LogP contribution in [0.4, 0.5) is 5.69 Å². The van der Waals surface area contributed by atoms with Gasteiger partial charge in [-0.05, 0) is 37.5 Å². The van der Waals surface area contributed by atoms with E-state index in [1.807, 2.05) is 0 Å². The van der Waals surface area contributed by atoms with Crippen molar-refractivity contribution in [3.8, 4) is 0 Å². The lowest BCUT2D eigenvalue weighted by molar-refractivity contribution is 0.0951.